The number of halogens is 2. The van der Waals surface area contributed by atoms with E-state index in [0.29, 0.717) is 67.1 Å². The van der Waals surface area contributed by atoms with Crippen LogP contribution < -0.4 is 18.9 Å². The van der Waals surface area contributed by atoms with E-state index in [1.54, 1.807) is 72.8 Å². The van der Waals surface area contributed by atoms with Gasteiger partial charge in [-0.05, 0) is 113 Å². The summed E-state index contributed by atoms with van der Waals surface area (Å²) in [4.78, 5) is 10.7. The molecular weight excluding hydrogens is 705 g/mol. The number of hydrogen-bond donors (Lipinski definition) is 0. The molecular formula is C40H35Cl2N3O7. The quantitative estimate of drug-likeness (QED) is 0.105. The molecule has 0 saturated carbocycles. The van der Waals surface area contributed by atoms with Crippen molar-refractivity contribution in [2.45, 2.75) is 53.1 Å². The second kappa shape index (κ2) is 17.9. The molecule has 0 aliphatic rings. The fourth-order valence-electron chi connectivity index (χ4n) is 4.62. The summed E-state index contributed by atoms with van der Waals surface area (Å²) in [6.45, 7) is 8.30. The molecule has 2 aromatic heterocycles. The molecule has 4 aromatic carbocycles. The van der Waals surface area contributed by atoms with E-state index in [9.17, 15) is 4.79 Å². The average molecular weight is 741 g/mol. The normalized spacial score (nSPS) is 10.7. The lowest BCUT2D eigenvalue weighted by atomic mass is 10.1. The molecule has 0 fully saturated rings. The Kier molecular flexibility index (Phi) is 12.9. The summed E-state index contributed by atoms with van der Waals surface area (Å²) >= 11 is 12.5. The van der Waals surface area contributed by atoms with Gasteiger partial charge in [0.25, 0.3) is 0 Å². The Morgan fingerprint density at radius 1 is 0.673 bits per heavy atom. The van der Waals surface area contributed by atoms with Crippen LogP contribution in [0.15, 0.2) is 106 Å². The fraction of sp³-hybridized carbons (Fsp3) is 0.200. The Hall–Kier alpha value is -5.76. The van der Waals surface area contributed by atoms with E-state index in [1.807, 2.05) is 52.0 Å². The Morgan fingerprint density at radius 2 is 1.12 bits per heavy atom. The van der Waals surface area contributed by atoms with Crippen LogP contribution >= 0.6 is 23.2 Å². The van der Waals surface area contributed by atoms with E-state index in [1.165, 1.54) is 0 Å². The Balaban J connectivity index is 0.000000201. The number of carbonyl (C=O) groups excluding carboxylic acids is 1. The molecule has 10 nitrogen and oxygen atoms in total. The fourth-order valence-corrected chi connectivity index (χ4v) is 5.07. The molecule has 0 bridgehead atoms. The molecule has 266 valence electrons. The van der Waals surface area contributed by atoms with Gasteiger partial charge >= 0.3 is 0 Å². The van der Waals surface area contributed by atoms with Crippen LogP contribution in [0.5, 0.6) is 23.0 Å². The van der Waals surface area contributed by atoms with E-state index in [0.717, 1.165) is 17.4 Å². The third kappa shape index (κ3) is 10.6. The number of aldehydes is 1. The molecule has 2 heterocycles. The van der Waals surface area contributed by atoms with Crippen LogP contribution in [0.3, 0.4) is 0 Å². The van der Waals surface area contributed by atoms with Crippen molar-refractivity contribution in [1.29, 1.82) is 5.26 Å². The van der Waals surface area contributed by atoms with Gasteiger partial charge in [-0.15, -0.1) is 0 Å². The lowest BCUT2D eigenvalue weighted by Crippen LogP contribution is -2.05. The molecule has 12 heteroatoms. The van der Waals surface area contributed by atoms with Gasteiger partial charge < -0.3 is 28.0 Å². The van der Waals surface area contributed by atoms with Crippen molar-refractivity contribution >= 4 is 29.5 Å². The number of nitriles is 1. The Labute approximate surface area is 311 Å². The third-order valence-electron chi connectivity index (χ3n) is 7.05. The number of carbonyl (C=O) groups is 1. The molecule has 6 aromatic rings. The van der Waals surface area contributed by atoms with Crippen molar-refractivity contribution in [3.63, 3.8) is 0 Å². The smallest absolute Gasteiger partial charge is 0.167 e. The summed E-state index contributed by atoms with van der Waals surface area (Å²) in [5, 5.41) is 17.9. The molecule has 0 saturated heterocycles. The minimum absolute atomic E-state index is 0.0491. The van der Waals surface area contributed by atoms with Crippen LogP contribution in [0, 0.1) is 11.3 Å². The van der Waals surface area contributed by atoms with Crippen molar-refractivity contribution in [3.8, 4) is 51.7 Å². The topological polar surface area (TPSA) is 130 Å². The first-order valence-electron chi connectivity index (χ1n) is 16.3. The lowest BCUT2D eigenvalue weighted by molar-refractivity contribution is 0.112. The zero-order valence-electron chi connectivity index (χ0n) is 28.8. The molecule has 0 radical (unpaired) electrons. The summed E-state index contributed by atoms with van der Waals surface area (Å²) in [7, 11) is 0. The molecule has 0 spiro atoms. The maximum absolute atomic E-state index is 10.7. The standard InChI is InChI=1S/C20H17ClN2O3.C20H18ClNO4/c1-13(2)25-19-8-5-15(9-18(19)21)20-10-16(23-26-20)12-24-17-6-3-14(11-22)4-7-17;1-13(2)25-19-8-5-15(9-18(19)21)20-10-16(22-26-20)12-24-17-6-3-14(11-23)4-7-17/h3-10,13H,12H2,1-2H3;3-11,13H,12H2,1-2H3. The minimum Gasteiger partial charge on any atom is -0.489 e. The summed E-state index contributed by atoms with van der Waals surface area (Å²) in [6.07, 6.45) is 0.888. The van der Waals surface area contributed by atoms with Gasteiger partial charge in [-0.25, -0.2) is 0 Å². The molecule has 6 rings (SSSR count). The van der Waals surface area contributed by atoms with E-state index < -0.39 is 0 Å². The molecule has 0 atom stereocenters. The number of benzene rings is 4. The Bertz CT molecular complexity index is 2120. The summed E-state index contributed by atoms with van der Waals surface area (Å²) in [6, 6.07) is 30.3. The van der Waals surface area contributed by atoms with E-state index in [-0.39, 0.29) is 25.4 Å². The maximum Gasteiger partial charge on any atom is 0.167 e. The van der Waals surface area contributed by atoms with E-state index >= 15 is 0 Å². The molecule has 0 unspecified atom stereocenters. The highest BCUT2D eigenvalue weighted by Gasteiger charge is 2.13. The van der Waals surface area contributed by atoms with Gasteiger partial charge in [-0.3, -0.25) is 4.79 Å². The second-order valence-corrected chi connectivity index (χ2v) is 12.7. The number of hydrogen-bond acceptors (Lipinski definition) is 10. The number of aromatic nitrogens is 2. The van der Waals surface area contributed by atoms with Gasteiger partial charge in [0.1, 0.15) is 53.9 Å². The SMILES string of the molecule is CC(C)Oc1ccc(-c2cc(COc3ccc(C#N)cc3)no2)cc1Cl.CC(C)Oc1ccc(-c2cc(COc3ccc(C=O)cc3)no2)cc1Cl. The van der Waals surface area contributed by atoms with Crippen molar-refractivity contribution in [2.75, 3.05) is 0 Å². The van der Waals surface area contributed by atoms with Crippen molar-refractivity contribution < 1.29 is 32.8 Å². The highest BCUT2D eigenvalue weighted by Crippen LogP contribution is 2.33. The Morgan fingerprint density at radius 3 is 1.50 bits per heavy atom. The molecule has 0 amide bonds. The largest absolute Gasteiger partial charge is 0.489 e. The highest BCUT2D eigenvalue weighted by atomic mass is 35.5. The van der Waals surface area contributed by atoms with Gasteiger partial charge in [-0.2, -0.15) is 5.26 Å². The molecule has 0 aliphatic carbocycles. The van der Waals surface area contributed by atoms with E-state index in [2.05, 4.69) is 16.4 Å². The monoisotopic (exact) mass is 739 g/mol. The number of rotatable bonds is 13. The number of ether oxygens (including phenoxy) is 4. The second-order valence-electron chi connectivity index (χ2n) is 11.9. The first-order valence-corrected chi connectivity index (χ1v) is 17.0. The average Bonchev–Trinajstić information content (AvgIpc) is 3.82. The van der Waals surface area contributed by atoms with Crippen LogP contribution in [0.2, 0.25) is 10.0 Å². The van der Waals surface area contributed by atoms with Crippen LogP contribution in [-0.2, 0) is 13.2 Å². The molecule has 52 heavy (non-hydrogen) atoms. The van der Waals surface area contributed by atoms with Crippen molar-refractivity contribution in [3.05, 3.63) is 130 Å². The predicted octanol–water partition coefficient (Wildman–Crippen LogP) is 10.4. The van der Waals surface area contributed by atoms with Gasteiger partial charge in [0.05, 0.1) is 33.9 Å². The molecule has 0 N–H and O–H groups in total. The van der Waals surface area contributed by atoms with E-state index in [4.69, 9.17) is 56.5 Å². The lowest BCUT2D eigenvalue weighted by Gasteiger charge is -2.11. The van der Waals surface area contributed by atoms with Gasteiger partial charge in [0.2, 0.25) is 0 Å². The van der Waals surface area contributed by atoms with Gasteiger partial charge in [0.15, 0.2) is 11.5 Å². The van der Waals surface area contributed by atoms with Crippen molar-refractivity contribution in [2.24, 2.45) is 0 Å². The van der Waals surface area contributed by atoms with Crippen LogP contribution in [0.25, 0.3) is 22.6 Å². The summed E-state index contributed by atoms with van der Waals surface area (Å²) in [5.41, 5.74) is 4.11. The minimum atomic E-state index is 0.0491. The first kappa shape index (κ1) is 37.5. The van der Waals surface area contributed by atoms with Crippen LogP contribution in [-0.4, -0.2) is 28.8 Å². The highest BCUT2D eigenvalue weighted by molar-refractivity contribution is 6.32. The zero-order chi connectivity index (χ0) is 37.0. The molecule has 0 aliphatic heterocycles. The van der Waals surface area contributed by atoms with Gasteiger partial charge in [0, 0.05) is 28.8 Å². The van der Waals surface area contributed by atoms with Crippen molar-refractivity contribution in [1.82, 2.24) is 10.3 Å². The predicted molar refractivity (Wildman–Crippen MR) is 197 cm³/mol. The maximum atomic E-state index is 10.7. The van der Waals surface area contributed by atoms with Crippen LogP contribution in [0.4, 0.5) is 0 Å². The van der Waals surface area contributed by atoms with Crippen LogP contribution in [0.1, 0.15) is 55.0 Å². The van der Waals surface area contributed by atoms with Gasteiger partial charge in [-0.1, -0.05) is 33.5 Å². The summed E-state index contributed by atoms with van der Waals surface area (Å²) < 4.78 is 33.3. The first-order chi connectivity index (χ1) is 25.1. The third-order valence-corrected chi connectivity index (χ3v) is 7.64. The zero-order valence-corrected chi connectivity index (χ0v) is 30.4. The number of nitrogens with zero attached hydrogens (tertiary/aromatic N) is 3. The summed E-state index contributed by atoms with van der Waals surface area (Å²) in [5.74, 6) is 3.77.